The van der Waals surface area contributed by atoms with Gasteiger partial charge in [-0.15, -0.1) is 0 Å². The van der Waals surface area contributed by atoms with Crippen LogP contribution in [0.5, 0.6) is 0 Å². The van der Waals surface area contributed by atoms with E-state index >= 15 is 0 Å². The summed E-state index contributed by atoms with van der Waals surface area (Å²) in [5.74, 6) is -0.915. The molecular weight excluding hydrogens is 196 g/mol. The minimum absolute atomic E-state index is 0.0585. The van der Waals surface area contributed by atoms with Gasteiger partial charge in [0.2, 0.25) is 0 Å². The van der Waals surface area contributed by atoms with Gasteiger partial charge in [-0.25, -0.2) is 4.79 Å². The van der Waals surface area contributed by atoms with Gasteiger partial charge in [0.05, 0.1) is 6.42 Å². The number of nitrogens with one attached hydrogen (secondary N) is 2. The van der Waals surface area contributed by atoms with Crippen molar-refractivity contribution in [2.24, 2.45) is 0 Å². The molecule has 2 amide bonds. The molecule has 0 spiro atoms. The molecule has 0 aromatic carbocycles. The molecule has 5 heteroatoms. The van der Waals surface area contributed by atoms with Crippen LogP contribution in [0.15, 0.2) is 12.2 Å². The highest BCUT2D eigenvalue weighted by Crippen LogP contribution is 1.97. The summed E-state index contributed by atoms with van der Waals surface area (Å²) in [7, 11) is 0. The maximum atomic E-state index is 11.2. The SMILES string of the molecule is C=C(C)CNC(=O)NC(CC)CC(=O)O. The Morgan fingerprint density at radius 2 is 2.07 bits per heavy atom. The molecule has 1 unspecified atom stereocenters. The van der Waals surface area contributed by atoms with Gasteiger partial charge in [-0.05, 0) is 13.3 Å². The molecule has 0 aliphatic rings. The van der Waals surface area contributed by atoms with Crippen molar-refractivity contribution in [3.8, 4) is 0 Å². The third kappa shape index (κ3) is 7.54. The van der Waals surface area contributed by atoms with E-state index in [9.17, 15) is 9.59 Å². The highest BCUT2D eigenvalue weighted by Gasteiger charge is 2.13. The van der Waals surface area contributed by atoms with E-state index in [0.717, 1.165) is 5.57 Å². The summed E-state index contributed by atoms with van der Waals surface area (Å²) in [5.41, 5.74) is 0.844. The van der Waals surface area contributed by atoms with E-state index in [1.54, 1.807) is 6.92 Å². The highest BCUT2D eigenvalue weighted by molar-refractivity contribution is 5.75. The molecule has 15 heavy (non-hydrogen) atoms. The number of amides is 2. The lowest BCUT2D eigenvalue weighted by Gasteiger charge is -2.15. The highest BCUT2D eigenvalue weighted by atomic mass is 16.4. The Bertz CT molecular complexity index is 251. The third-order valence-electron chi connectivity index (χ3n) is 1.80. The molecule has 0 bridgehead atoms. The first-order valence-corrected chi connectivity index (χ1v) is 4.86. The standard InChI is InChI=1S/C10H18N2O3/c1-4-8(5-9(13)14)12-10(15)11-6-7(2)3/h8H,2,4-6H2,1,3H3,(H,13,14)(H2,11,12,15). The van der Waals surface area contributed by atoms with Crippen LogP contribution in [0, 0.1) is 0 Å². The molecule has 0 rings (SSSR count). The van der Waals surface area contributed by atoms with Crippen molar-refractivity contribution in [3.63, 3.8) is 0 Å². The van der Waals surface area contributed by atoms with Crippen molar-refractivity contribution < 1.29 is 14.7 Å². The Balaban J connectivity index is 3.90. The van der Waals surface area contributed by atoms with Crippen molar-refractivity contribution >= 4 is 12.0 Å². The van der Waals surface area contributed by atoms with Gasteiger partial charge < -0.3 is 15.7 Å². The number of carboxylic acids is 1. The van der Waals surface area contributed by atoms with E-state index in [-0.39, 0.29) is 18.5 Å². The number of carbonyl (C=O) groups excluding carboxylic acids is 1. The van der Waals surface area contributed by atoms with E-state index < -0.39 is 5.97 Å². The molecule has 0 fully saturated rings. The van der Waals surface area contributed by atoms with Gasteiger partial charge in [0, 0.05) is 12.6 Å². The molecule has 0 aliphatic heterocycles. The molecule has 0 saturated carbocycles. The summed E-state index contributed by atoms with van der Waals surface area (Å²) in [5, 5.41) is 13.7. The molecule has 0 heterocycles. The van der Waals surface area contributed by atoms with Crippen LogP contribution in [0.3, 0.4) is 0 Å². The Morgan fingerprint density at radius 1 is 1.47 bits per heavy atom. The van der Waals surface area contributed by atoms with Crippen molar-refractivity contribution in [1.82, 2.24) is 10.6 Å². The quantitative estimate of drug-likeness (QED) is 0.580. The van der Waals surface area contributed by atoms with E-state index in [2.05, 4.69) is 17.2 Å². The van der Waals surface area contributed by atoms with Gasteiger partial charge in [-0.3, -0.25) is 4.79 Å². The number of hydrogen-bond acceptors (Lipinski definition) is 2. The van der Waals surface area contributed by atoms with E-state index in [1.165, 1.54) is 0 Å². The van der Waals surface area contributed by atoms with Gasteiger partial charge in [0.25, 0.3) is 0 Å². The van der Waals surface area contributed by atoms with Crippen molar-refractivity contribution in [1.29, 1.82) is 0 Å². The van der Waals surface area contributed by atoms with Gasteiger partial charge in [0.15, 0.2) is 0 Å². The zero-order valence-electron chi connectivity index (χ0n) is 9.17. The molecule has 0 radical (unpaired) electrons. The second-order valence-electron chi connectivity index (χ2n) is 3.49. The number of carboxylic acid groups (broad SMARTS) is 1. The Kier molecular flexibility index (Phi) is 6.17. The Hall–Kier alpha value is -1.52. The second-order valence-corrected chi connectivity index (χ2v) is 3.49. The van der Waals surface area contributed by atoms with Crippen LogP contribution in [0.1, 0.15) is 26.7 Å². The third-order valence-corrected chi connectivity index (χ3v) is 1.80. The maximum absolute atomic E-state index is 11.2. The number of carbonyl (C=O) groups is 2. The lowest BCUT2D eigenvalue weighted by atomic mass is 10.1. The van der Waals surface area contributed by atoms with Gasteiger partial charge in [-0.1, -0.05) is 19.1 Å². The lowest BCUT2D eigenvalue weighted by Crippen LogP contribution is -2.43. The predicted octanol–water partition coefficient (Wildman–Crippen LogP) is 1.11. The van der Waals surface area contributed by atoms with Gasteiger partial charge in [-0.2, -0.15) is 0 Å². The van der Waals surface area contributed by atoms with Crippen LogP contribution in [0.25, 0.3) is 0 Å². The largest absolute Gasteiger partial charge is 0.481 e. The summed E-state index contributed by atoms with van der Waals surface area (Å²) in [6, 6.07) is -0.682. The molecular formula is C10H18N2O3. The van der Waals surface area contributed by atoms with Gasteiger partial charge >= 0.3 is 12.0 Å². The monoisotopic (exact) mass is 214 g/mol. The van der Waals surface area contributed by atoms with Crippen LogP contribution < -0.4 is 10.6 Å². The molecule has 1 atom stereocenters. The van der Waals surface area contributed by atoms with E-state index in [1.807, 2.05) is 6.92 Å². The van der Waals surface area contributed by atoms with Crippen molar-refractivity contribution in [3.05, 3.63) is 12.2 Å². The van der Waals surface area contributed by atoms with Crippen molar-refractivity contribution in [2.45, 2.75) is 32.7 Å². The fraction of sp³-hybridized carbons (Fsp3) is 0.600. The zero-order chi connectivity index (χ0) is 11.8. The van der Waals surface area contributed by atoms with Crippen LogP contribution in [0.4, 0.5) is 4.79 Å². The molecule has 86 valence electrons. The average molecular weight is 214 g/mol. The lowest BCUT2D eigenvalue weighted by molar-refractivity contribution is -0.137. The Labute approximate surface area is 89.6 Å². The van der Waals surface area contributed by atoms with E-state index in [4.69, 9.17) is 5.11 Å². The summed E-state index contributed by atoms with van der Waals surface area (Å²) in [4.78, 5) is 21.7. The van der Waals surface area contributed by atoms with Crippen LogP contribution in [-0.4, -0.2) is 29.7 Å². The maximum Gasteiger partial charge on any atom is 0.315 e. The molecule has 0 saturated heterocycles. The molecule has 5 nitrogen and oxygen atoms in total. The number of hydrogen-bond donors (Lipinski definition) is 3. The number of aliphatic carboxylic acids is 1. The molecule has 0 aliphatic carbocycles. The van der Waals surface area contributed by atoms with Crippen LogP contribution in [0.2, 0.25) is 0 Å². The number of urea groups is 1. The van der Waals surface area contributed by atoms with Gasteiger partial charge in [0.1, 0.15) is 0 Å². The fourth-order valence-electron chi connectivity index (χ4n) is 0.976. The number of rotatable bonds is 6. The first kappa shape index (κ1) is 13.5. The Morgan fingerprint density at radius 3 is 2.47 bits per heavy atom. The van der Waals surface area contributed by atoms with Crippen LogP contribution >= 0.6 is 0 Å². The first-order chi connectivity index (χ1) is 6.95. The smallest absolute Gasteiger partial charge is 0.315 e. The molecule has 0 aromatic heterocycles. The topological polar surface area (TPSA) is 78.4 Å². The minimum Gasteiger partial charge on any atom is -0.481 e. The molecule has 0 aromatic rings. The summed E-state index contributed by atoms with van der Waals surface area (Å²) < 4.78 is 0. The zero-order valence-corrected chi connectivity index (χ0v) is 9.17. The fourth-order valence-corrected chi connectivity index (χ4v) is 0.976. The molecule has 3 N–H and O–H groups in total. The predicted molar refractivity (Wildman–Crippen MR) is 57.7 cm³/mol. The minimum atomic E-state index is -0.915. The summed E-state index contributed by atoms with van der Waals surface area (Å²) in [6.45, 7) is 7.66. The van der Waals surface area contributed by atoms with Crippen LogP contribution in [-0.2, 0) is 4.79 Å². The summed E-state index contributed by atoms with van der Waals surface area (Å²) >= 11 is 0. The normalized spacial score (nSPS) is 11.6. The van der Waals surface area contributed by atoms with Crippen molar-refractivity contribution in [2.75, 3.05) is 6.54 Å². The average Bonchev–Trinajstić information content (AvgIpc) is 2.13. The van der Waals surface area contributed by atoms with E-state index in [0.29, 0.717) is 13.0 Å². The second kappa shape index (κ2) is 6.86. The first-order valence-electron chi connectivity index (χ1n) is 4.86. The summed E-state index contributed by atoms with van der Waals surface area (Å²) in [6.07, 6.45) is 0.532.